The number of imidazole rings is 1. The van der Waals surface area contributed by atoms with Crippen LogP contribution in [0.1, 0.15) is 29.2 Å². The van der Waals surface area contributed by atoms with E-state index >= 15 is 0 Å². The van der Waals surface area contributed by atoms with Crippen LogP contribution in [-0.2, 0) is 10.0 Å². The summed E-state index contributed by atoms with van der Waals surface area (Å²) in [7, 11) is -3.21. The Labute approximate surface area is 124 Å². The van der Waals surface area contributed by atoms with Gasteiger partial charge in [0, 0.05) is 37.6 Å². The van der Waals surface area contributed by atoms with E-state index in [0.29, 0.717) is 25.5 Å². The number of nitrogens with one attached hydrogen (secondary N) is 1. The van der Waals surface area contributed by atoms with Crippen molar-refractivity contribution in [3.8, 4) is 0 Å². The predicted molar refractivity (Wildman–Crippen MR) is 77.3 cm³/mol. The molecule has 2 bridgehead atoms. The van der Waals surface area contributed by atoms with Crippen molar-refractivity contribution >= 4 is 15.9 Å². The third kappa shape index (κ3) is 2.82. The number of aromatic nitrogens is 2. The van der Waals surface area contributed by atoms with Crippen LogP contribution in [0.4, 0.5) is 0 Å². The molecule has 1 aromatic rings. The normalized spacial score (nSPS) is 26.9. The number of carbonyl (C=O) groups is 1. The zero-order valence-electron chi connectivity index (χ0n) is 12.2. The van der Waals surface area contributed by atoms with Gasteiger partial charge in [-0.1, -0.05) is 0 Å². The van der Waals surface area contributed by atoms with Crippen LogP contribution in [0.25, 0.3) is 0 Å². The monoisotopic (exact) mass is 312 g/mol. The smallest absolute Gasteiger partial charge is 0.289 e. The second kappa shape index (κ2) is 5.10. The molecular weight excluding hydrogens is 292 g/mol. The van der Waals surface area contributed by atoms with Crippen molar-refractivity contribution in [1.82, 2.24) is 19.2 Å². The number of hydrogen-bond acceptors (Lipinski definition) is 4. The highest BCUT2D eigenvalue weighted by molar-refractivity contribution is 7.88. The molecule has 1 amide bonds. The van der Waals surface area contributed by atoms with Gasteiger partial charge in [0.15, 0.2) is 5.82 Å². The van der Waals surface area contributed by atoms with Gasteiger partial charge in [0.05, 0.1) is 6.26 Å². The number of rotatable bonds is 2. The van der Waals surface area contributed by atoms with Gasteiger partial charge in [0.25, 0.3) is 5.91 Å². The summed E-state index contributed by atoms with van der Waals surface area (Å²) in [4.78, 5) is 21.4. The van der Waals surface area contributed by atoms with Crippen molar-refractivity contribution in [1.29, 1.82) is 0 Å². The quantitative estimate of drug-likeness (QED) is 0.846. The molecule has 3 fully saturated rings. The molecule has 8 heteroatoms. The molecule has 4 rings (SSSR count). The first-order chi connectivity index (χ1) is 9.84. The highest BCUT2D eigenvalue weighted by atomic mass is 32.2. The lowest BCUT2D eigenvalue weighted by atomic mass is 9.95. The van der Waals surface area contributed by atoms with Crippen LogP contribution in [0.3, 0.4) is 0 Å². The molecule has 1 aromatic heterocycles. The van der Waals surface area contributed by atoms with Gasteiger partial charge >= 0.3 is 0 Å². The minimum absolute atomic E-state index is 0.0589. The molecule has 0 unspecified atom stereocenters. The van der Waals surface area contributed by atoms with E-state index in [1.54, 1.807) is 11.1 Å². The summed E-state index contributed by atoms with van der Waals surface area (Å²) in [6.07, 6.45) is 4.69. The Morgan fingerprint density at radius 1 is 1.33 bits per heavy atom. The fourth-order valence-corrected chi connectivity index (χ4v) is 4.14. The first-order valence-corrected chi connectivity index (χ1v) is 8.97. The molecule has 4 heterocycles. The van der Waals surface area contributed by atoms with Crippen molar-refractivity contribution < 1.29 is 13.2 Å². The number of H-pyrrole nitrogens is 1. The number of sulfonamides is 1. The lowest BCUT2D eigenvalue weighted by Gasteiger charge is -2.35. The lowest BCUT2D eigenvalue weighted by Crippen LogP contribution is -2.48. The van der Waals surface area contributed by atoms with E-state index in [9.17, 15) is 13.2 Å². The second-order valence-corrected chi connectivity index (χ2v) is 8.03. The highest BCUT2D eigenvalue weighted by Crippen LogP contribution is 2.29. The van der Waals surface area contributed by atoms with Crippen LogP contribution in [0, 0.1) is 12.8 Å². The SMILES string of the molecule is Cc1cnc(C(=O)N2C[C@H]3CC[C@@H]2CN(S(C)(=O)=O)C3)[nH]1. The Hall–Kier alpha value is -1.41. The number of hydrogen-bond donors (Lipinski definition) is 1. The Morgan fingerprint density at radius 3 is 2.71 bits per heavy atom. The summed E-state index contributed by atoms with van der Waals surface area (Å²) >= 11 is 0. The van der Waals surface area contributed by atoms with E-state index in [1.165, 1.54) is 10.6 Å². The van der Waals surface area contributed by atoms with Gasteiger partial charge in [-0.15, -0.1) is 0 Å². The van der Waals surface area contributed by atoms with Crippen LogP contribution in [0.5, 0.6) is 0 Å². The second-order valence-electron chi connectivity index (χ2n) is 6.05. The summed E-state index contributed by atoms with van der Waals surface area (Å²) in [6, 6.07) is -0.0589. The van der Waals surface area contributed by atoms with Gasteiger partial charge in [-0.05, 0) is 25.7 Å². The van der Waals surface area contributed by atoms with Crippen LogP contribution < -0.4 is 0 Å². The summed E-state index contributed by atoms with van der Waals surface area (Å²) in [5.41, 5.74) is 0.844. The molecule has 116 valence electrons. The molecule has 0 aliphatic carbocycles. The average molecular weight is 312 g/mol. The molecule has 2 atom stereocenters. The molecule has 0 saturated carbocycles. The van der Waals surface area contributed by atoms with Crippen molar-refractivity contribution in [2.75, 3.05) is 25.9 Å². The zero-order chi connectivity index (χ0) is 15.2. The predicted octanol–water partition coefficient (Wildman–Crippen LogP) is 0.214. The number of aryl methyl sites for hydroxylation is 1. The van der Waals surface area contributed by atoms with Crippen molar-refractivity contribution in [3.05, 3.63) is 17.7 Å². The maximum atomic E-state index is 12.6. The number of piperidine rings is 1. The molecule has 0 spiro atoms. The van der Waals surface area contributed by atoms with E-state index in [-0.39, 0.29) is 17.9 Å². The van der Waals surface area contributed by atoms with Crippen LogP contribution in [-0.4, -0.2) is 65.4 Å². The van der Waals surface area contributed by atoms with E-state index < -0.39 is 10.0 Å². The maximum Gasteiger partial charge on any atom is 0.289 e. The molecule has 21 heavy (non-hydrogen) atoms. The number of nitrogens with zero attached hydrogens (tertiary/aromatic N) is 3. The molecule has 0 radical (unpaired) electrons. The molecule has 3 aliphatic rings. The lowest BCUT2D eigenvalue weighted by molar-refractivity contribution is 0.0577. The third-order valence-electron chi connectivity index (χ3n) is 4.32. The molecule has 3 saturated heterocycles. The Bertz CT molecular complexity index is 654. The Kier molecular flexibility index (Phi) is 3.53. The zero-order valence-corrected chi connectivity index (χ0v) is 13.1. The number of aromatic amines is 1. The van der Waals surface area contributed by atoms with E-state index in [0.717, 1.165) is 18.5 Å². The average Bonchev–Trinajstić information content (AvgIpc) is 2.64. The van der Waals surface area contributed by atoms with Crippen LogP contribution in [0.2, 0.25) is 0 Å². The minimum atomic E-state index is -3.21. The van der Waals surface area contributed by atoms with Gasteiger partial charge in [-0.3, -0.25) is 4.79 Å². The summed E-state index contributed by atoms with van der Waals surface area (Å²) in [5, 5.41) is 0. The molecule has 0 aromatic carbocycles. The fraction of sp³-hybridized carbons (Fsp3) is 0.692. The standard InChI is InChI=1S/C13H20N4O3S/c1-9-5-14-12(15-9)13(18)17-7-10-3-4-11(17)8-16(6-10)21(2,19)20/h5,10-11H,3-4,6-8H2,1-2H3,(H,14,15)/t10-,11+/m0/s1. The minimum Gasteiger partial charge on any atom is -0.338 e. The van der Waals surface area contributed by atoms with Crippen molar-refractivity contribution in [2.45, 2.75) is 25.8 Å². The van der Waals surface area contributed by atoms with E-state index in [1.807, 2.05) is 6.92 Å². The third-order valence-corrected chi connectivity index (χ3v) is 5.55. The topological polar surface area (TPSA) is 86.4 Å². The van der Waals surface area contributed by atoms with Gasteiger partial charge in [-0.25, -0.2) is 13.4 Å². The molecule has 7 nitrogen and oxygen atoms in total. The maximum absolute atomic E-state index is 12.6. The van der Waals surface area contributed by atoms with Crippen LogP contribution in [0.15, 0.2) is 6.20 Å². The summed E-state index contributed by atoms with van der Waals surface area (Å²) in [6.45, 7) is 3.36. The largest absolute Gasteiger partial charge is 0.338 e. The van der Waals surface area contributed by atoms with E-state index in [2.05, 4.69) is 9.97 Å². The van der Waals surface area contributed by atoms with Gasteiger partial charge in [0.1, 0.15) is 0 Å². The molecule has 1 N–H and O–H groups in total. The molecular formula is C13H20N4O3S. The molecule has 3 aliphatic heterocycles. The number of carbonyl (C=O) groups excluding carboxylic acids is 1. The number of fused-ring (bicyclic) bond motifs is 4. The Balaban J connectivity index is 1.84. The first kappa shape index (κ1) is 14.5. The first-order valence-electron chi connectivity index (χ1n) is 7.12. The van der Waals surface area contributed by atoms with Gasteiger partial charge in [-0.2, -0.15) is 4.31 Å². The van der Waals surface area contributed by atoms with Crippen molar-refractivity contribution in [3.63, 3.8) is 0 Å². The van der Waals surface area contributed by atoms with Gasteiger partial charge < -0.3 is 9.88 Å². The Morgan fingerprint density at radius 2 is 2.10 bits per heavy atom. The summed E-state index contributed by atoms with van der Waals surface area (Å²) < 4.78 is 25.1. The van der Waals surface area contributed by atoms with Gasteiger partial charge in [0.2, 0.25) is 10.0 Å². The summed E-state index contributed by atoms with van der Waals surface area (Å²) in [5.74, 6) is 0.414. The number of amides is 1. The van der Waals surface area contributed by atoms with Crippen molar-refractivity contribution in [2.24, 2.45) is 5.92 Å². The van der Waals surface area contributed by atoms with E-state index in [4.69, 9.17) is 0 Å². The fourth-order valence-electron chi connectivity index (χ4n) is 3.22. The highest BCUT2D eigenvalue weighted by Gasteiger charge is 2.40. The van der Waals surface area contributed by atoms with Crippen LogP contribution >= 0.6 is 0 Å².